The minimum atomic E-state index is -1.32. The van der Waals surface area contributed by atoms with Crippen LogP contribution in [-0.4, -0.2) is 83.3 Å². The van der Waals surface area contributed by atoms with Gasteiger partial charge in [-0.05, 0) is 19.8 Å². The van der Waals surface area contributed by atoms with Gasteiger partial charge in [-0.2, -0.15) is 0 Å². The summed E-state index contributed by atoms with van der Waals surface area (Å²) in [6.07, 6.45) is -0.0559. The molecular weight excluding hydrogens is 422 g/mol. The van der Waals surface area contributed by atoms with Crippen LogP contribution in [0.15, 0.2) is 0 Å². The number of carbonyl (C=O) groups excluding carboxylic acids is 5. The summed E-state index contributed by atoms with van der Waals surface area (Å²) in [5.74, 6) is -4.99. The molecule has 5 amide bonds. The first-order valence-electron chi connectivity index (χ1n) is 10.6. The molecule has 1 saturated heterocycles. The molecule has 0 aromatic heterocycles. The lowest BCUT2D eigenvalue weighted by molar-refractivity contribution is -0.148. The van der Waals surface area contributed by atoms with E-state index < -0.39 is 60.2 Å². The molecule has 1 fully saturated rings. The van der Waals surface area contributed by atoms with E-state index in [1.165, 1.54) is 6.92 Å². The molecule has 1 rings (SSSR count). The lowest BCUT2D eigenvalue weighted by Crippen LogP contribution is -2.60. The summed E-state index contributed by atoms with van der Waals surface area (Å²) in [5, 5.41) is 19.0. The SMILES string of the molecule is CCNC(=O)[C@H](C)NC(=O)[C@@H](NC(=O)[C@H](CNCC(=O)O)N1C(=O)CC(C)C1=O)C(C)C. The number of carbonyl (C=O) groups is 6. The number of likely N-dealkylation sites (tertiary alicyclic amines) is 1. The van der Waals surface area contributed by atoms with E-state index in [4.69, 9.17) is 5.11 Å². The molecular formula is C20H33N5O7. The van der Waals surface area contributed by atoms with Gasteiger partial charge in [0.25, 0.3) is 0 Å². The van der Waals surface area contributed by atoms with Gasteiger partial charge in [0.05, 0.1) is 6.54 Å². The summed E-state index contributed by atoms with van der Waals surface area (Å²) in [6.45, 7) is 7.81. The Morgan fingerprint density at radius 2 is 1.69 bits per heavy atom. The zero-order valence-corrected chi connectivity index (χ0v) is 19.1. The average Bonchev–Trinajstić information content (AvgIpc) is 2.94. The molecule has 1 unspecified atom stereocenters. The fourth-order valence-corrected chi connectivity index (χ4v) is 3.23. The molecule has 0 spiro atoms. The molecule has 0 aliphatic carbocycles. The topological polar surface area (TPSA) is 174 Å². The predicted molar refractivity (Wildman–Crippen MR) is 113 cm³/mol. The van der Waals surface area contributed by atoms with Gasteiger partial charge in [0.15, 0.2) is 0 Å². The van der Waals surface area contributed by atoms with Gasteiger partial charge >= 0.3 is 5.97 Å². The summed E-state index contributed by atoms with van der Waals surface area (Å²) in [6, 6.07) is -3.21. The van der Waals surface area contributed by atoms with Crippen molar-refractivity contribution in [3.8, 4) is 0 Å². The maximum absolute atomic E-state index is 13.0. The van der Waals surface area contributed by atoms with Gasteiger partial charge in [0, 0.05) is 25.4 Å². The van der Waals surface area contributed by atoms with E-state index in [0.29, 0.717) is 6.54 Å². The van der Waals surface area contributed by atoms with E-state index in [9.17, 15) is 28.8 Å². The first kappa shape index (κ1) is 27.0. The van der Waals surface area contributed by atoms with E-state index in [0.717, 1.165) is 4.90 Å². The number of likely N-dealkylation sites (N-methyl/N-ethyl adjacent to an activating group) is 1. The summed E-state index contributed by atoms with van der Waals surface area (Å²) in [7, 11) is 0. The van der Waals surface area contributed by atoms with E-state index in [1.54, 1.807) is 27.7 Å². The number of rotatable bonds is 12. The molecule has 5 N–H and O–H groups in total. The number of aliphatic carboxylic acids is 1. The molecule has 0 saturated carbocycles. The van der Waals surface area contributed by atoms with E-state index in [2.05, 4.69) is 21.3 Å². The third kappa shape index (κ3) is 7.29. The second-order valence-electron chi connectivity index (χ2n) is 8.10. The van der Waals surface area contributed by atoms with Crippen LogP contribution in [0.2, 0.25) is 0 Å². The Hall–Kier alpha value is -3.02. The Balaban J connectivity index is 3.01. The number of carboxylic acid groups (broad SMARTS) is 1. The van der Waals surface area contributed by atoms with Gasteiger partial charge in [-0.15, -0.1) is 0 Å². The molecule has 12 nitrogen and oxygen atoms in total. The third-order valence-electron chi connectivity index (χ3n) is 4.99. The number of hydrogen-bond acceptors (Lipinski definition) is 7. The summed E-state index contributed by atoms with van der Waals surface area (Å²) >= 11 is 0. The van der Waals surface area contributed by atoms with Crippen LogP contribution in [0.25, 0.3) is 0 Å². The van der Waals surface area contributed by atoms with Gasteiger partial charge in [-0.3, -0.25) is 33.7 Å². The average molecular weight is 456 g/mol. The minimum absolute atomic E-state index is 0.0559. The van der Waals surface area contributed by atoms with Crippen molar-refractivity contribution in [2.75, 3.05) is 19.6 Å². The largest absolute Gasteiger partial charge is 0.480 e. The highest BCUT2D eigenvalue weighted by molar-refractivity contribution is 6.07. The highest BCUT2D eigenvalue weighted by Gasteiger charge is 2.43. The number of carboxylic acids is 1. The first-order chi connectivity index (χ1) is 14.9. The second kappa shape index (κ2) is 12.1. The van der Waals surface area contributed by atoms with Crippen molar-refractivity contribution in [1.82, 2.24) is 26.2 Å². The highest BCUT2D eigenvalue weighted by atomic mass is 16.4. The maximum atomic E-state index is 13.0. The monoisotopic (exact) mass is 455 g/mol. The Kier molecular flexibility index (Phi) is 10.2. The van der Waals surface area contributed by atoms with Crippen molar-refractivity contribution in [3.05, 3.63) is 0 Å². The molecule has 1 aliphatic rings. The molecule has 12 heteroatoms. The standard InChI is InChI=1S/C20H33N5O7/c1-6-22-17(29)12(5)23-19(31)16(10(2)3)24-18(30)13(8-21-9-15(27)28)25-14(26)7-11(4)20(25)32/h10-13,16,21H,6-9H2,1-5H3,(H,22,29)(H,23,31)(H,24,30)(H,27,28)/t11?,12-,13-,16-/m0/s1. The van der Waals surface area contributed by atoms with Crippen molar-refractivity contribution >= 4 is 35.5 Å². The van der Waals surface area contributed by atoms with Crippen LogP contribution in [0.4, 0.5) is 0 Å². The van der Waals surface area contributed by atoms with E-state index >= 15 is 0 Å². The van der Waals surface area contributed by atoms with Crippen LogP contribution in [0.1, 0.15) is 41.0 Å². The van der Waals surface area contributed by atoms with Crippen LogP contribution >= 0.6 is 0 Å². The summed E-state index contributed by atoms with van der Waals surface area (Å²) < 4.78 is 0. The van der Waals surface area contributed by atoms with Crippen molar-refractivity contribution in [3.63, 3.8) is 0 Å². The Morgan fingerprint density at radius 1 is 1.06 bits per heavy atom. The Bertz CT molecular complexity index is 755. The lowest BCUT2D eigenvalue weighted by Gasteiger charge is -2.29. The molecule has 4 atom stereocenters. The summed E-state index contributed by atoms with van der Waals surface area (Å²) in [5.41, 5.74) is 0. The van der Waals surface area contributed by atoms with Crippen molar-refractivity contribution in [1.29, 1.82) is 0 Å². The van der Waals surface area contributed by atoms with Gasteiger partial charge in [0.2, 0.25) is 29.5 Å². The maximum Gasteiger partial charge on any atom is 0.317 e. The number of nitrogens with one attached hydrogen (secondary N) is 4. The van der Waals surface area contributed by atoms with Crippen LogP contribution in [-0.2, 0) is 28.8 Å². The number of amides is 5. The fourth-order valence-electron chi connectivity index (χ4n) is 3.23. The lowest BCUT2D eigenvalue weighted by atomic mass is 10.0. The number of hydrogen-bond donors (Lipinski definition) is 5. The molecule has 0 aromatic rings. The van der Waals surface area contributed by atoms with Gasteiger partial charge < -0.3 is 26.4 Å². The molecule has 1 heterocycles. The molecule has 32 heavy (non-hydrogen) atoms. The first-order valence-corrected chi connectivity index (χ1v) is 10.6. The fraction of sp³-hybridized carbons (Fsp3) is 0.700. The van der Waals surface area contributed by atoms with E-state index in [1.807, 2.05) is 0 Å². The molecule has 1 aliphatic heterocycles. The minimum Gasteiger partial charge on any atom is -0.480 e. The van der Waals surface area contributed by atoms with Crippen LogP contribution < -0.4 is 21.3 Å². The smallest absolute Gasteiger partial charge is 0.317 e. The second-order valence-corrected chi connectivity index (χ2v) is 8.10. The molecule has 0 radical (unpaired) electrons. The molecule has 0 bridgehead atoms. The quantitative estimate of drug-likeness (QED) is 0.214. The van der Waals surface area contributed by atoms with Crippen molar-refractivity contribution < 1.29 is 33.9 Å². The molecule has 180 valence electrons. The van der Waals surface area contributed by atoms with Crippen LogP contribution in [0.3, 0.4) is 0 Å². The highest BCUT2D eigenvalue weighted by Crippen LogP contribution is 2.21. The van der Waals surface area contributed by atoms with Gasteiger partial charge in [-0.1, -0.05) is 20.8 Å². The van der Waals surface area contributed by atoms with Crippen molar-refractivity contribution in [2.45, 2.75) is 59.2 Å². The molecule has 0 aromatic carbocycles. The van der Waals surface area contributed by atoms with Crippen LogP contribution in [0.5, 0.6) is 0 Å². The Morgan fingerprint density at radius 3 is 2.16 bits per heavy atom. The number of nitrogens with zero attached hydrogens (tertiary/aromatic N) is 1. The predicted octanol–water partition coefficient (Wildman–Crippen LogP) is -1.79. The van der Waals surface area contributed by atoms with Gasteiger partial charge in [0.1, 0.15) is 18.1 Å². The van der Waals surface area contributed by atoms with Gasteiger partial charge in [-0.25, -0.2) is 0 Å². The van der Waals surface area contributed by atoms with E-state index in [-0.39, 0.29) is 24.8 Å². The zero-order chi connectivity index (χ0) is 24.6. The van der Waals surface area contributed by atoms with Crippen molar-refractivity contribution in [2.24, 2.45) is 11.8 Å². The summed E-state index contributed by atoms with van der Waals surface area (Å²) in [4.78, 5) is 74.1. The number of imide groups is 1. The Labute approximate surface area is 186 Å². The third-order valence-corrected chi connectivity index (χ3v) is 4.99. The normalized spacial score (nSPS) is 18.8. The van der Waals surface area contributed by atoms with Crippen LogP contribution in [0, 0.1) is 11.8 Å². The zero-order valence-electron chi connectivity index (χ0n) is 19.1.